The first kappa shape index (κ1) is 19.2. The van der Waals surface area contributed by atoms with Gasteiger partial charge in [0.15, 0.2) is 0 Å². The Balaban J connectivity index is 1.61. The summed E-state index contributed by atoms with van der Waals surface area (Å²) >= 11 is 6.44. The zero-order chi connectivity index (χ0) is 20.4. The number of carbonyl (C=O) groups excluding carboxylic acids is 1. The van der Waals surface area contributed by atoms with E-state index in [4.69, 9.17) is 22.7 Å². The second-order valence-corrected chi connectivity index (χ2v) is 7.48. The van der Waals surface area contributed by atoms with Crippen LogP contribution in [0, 0.1) is 5.41 Å². The van der Waals surface area contributed by atoms with Gasteiger partial charge in [-0.3, -0.25) is 10.2 Å². The van der Waals surface area contributed by atoms with E-state index in [1.807, 2.05) is 60.7 Å². The Labute approximate surface area is 174 Å². The standard InChI is InChI=1S/C23H21ClN4O/c24-20(15-7-3-1-4-8-15)23(29)28-12-11-18-17(14-28)13-27-22(26)19(18)21(25)16-9-5-2-6-10-16/h1-10,13,20,25H,11-12,14H2,(H2,26,27). The molecule has 6 heteroatoms. The van der Waals surface area contributed by atoms with Crippen molar-refractivity contribution in [2.24, 2.45) is 0 Å². The zero-order valence-electron chi connectivity index (χ0n) is 15.8. The lowest BCUT2D eigenvalue weighted by Gasteiger charge is -2.31. The van der Waals surface area contributed by atoms with Crippen molar-refractivity contribution in [3.8, 4) is 0 Å². The quantitative estimate of drug-likeness (QED) is 0.510. The summed E-state index contributed by atoms with van der Waals surface area (Å²) in [5.74, 6) is 0.219. The third-order valence-electron chi connectivity index (χ3n) is 5.23. The molecule has 0 fully saturated rings. The van der Waals surface area contributed by atoms with Crippen molar-refractivity contribution in [2.75, 3.05) is 12.3 Å². The molecule has 1 amide bonds. The van der Waals surface area contributed by atoms with Gasteiger partial charge in [0.05, 0.1) is 5.71 Å². The molecule has 2 aromatic carbocycles. The highest BCUT2D eigenvalue weighted by molar-refractivity contribution is 6.30. The Hall–Kier alpha value is -3.18. The summed E-state index contributed by atoms with van der Waals surface area (Å²) in [6.07, 6.45) is 2.31. The molecular weight excluding hydrogens is 384 g/mol. The third-order valence-corrected chi connectivity index (χ3v) is 5.67. The maximum absolute atomic E-state index is 12.9. The molecule has 0 aliphatic carbocycles. The predicted molar refractivity (Wildman–Crippen MR) is 115 cm³/mol. The minimum atomic E-state index is -0.721. The van der Waals surface area contributed by atoms with E-state index in [9.17, 15) is 4.79 Å². The second kappa shape index (κ2) is 8.05. The predicted octanol–water partition coefficient (Wildman–Crippen LogP) is 3.94. The molecule has 4 rings (SSSR count). The number of alkyl halides is 1. The van der Waals surface area contributed by atoms with E-state index in [-0.39, 0.29) is 5.91 Å². The Morgan fingerprint density at radius 2 is 1.76 bits per heavy atom. The van der Waals surface area contributed by atoms with Gasteiger partial charge in [0.25, 0.3) is 0 Å². The van der Waals surface area contributed by atoms with Crippen molar-refractivity contribution >= 4 is 29.0 Å². The molecule has 0 saturated carbocycles. The van der Waals surface area contributed by atoms with Crippen LogP contribution in [0.3, 0.4) is 0 Å². The van der Waals surface area contributed by atoms with Gasteiger partial charge >= 0.3 is 0 Å². The second-order valence-electron chi connectivity index (χ2n) is 7.05. The number of amides is 1. The van der Waals surface area contributed by atoms with Crippen LogP contribution in [0.4, 0.5) is 5.82 Å². The maximum atomic E-state index is 12.9. The van der Waals surface area contributed by atoms with Gasteiger partial charge in [0.1, 0.15) is 11.2 Å². The van der Waals surface area contributed by atoms with E-state index in [2.05, 4.69) is 4.98 Å². The molecule has 3 N–H and O–H groups in total. The van der Waals surface area contributed by atoms with E-state index in [1.165, 1.54) is 0 Å². The number of hydrogen-bond donors (Lipinski definition) is 2. The van der Waals surface area contributed by atoms with Gasteiger partial charge in [-0.2, -0.15) is 0 Å². The first-order chi connectivity index (χ1) is 14.1. The fourth-order valence-corrected chi connectivity index (χ4v) is 3.98. The summed E-state index contributed by atoms with van der Waals surface area (Å²) in [5.41, 5.74) is 10.6. The van der Waals surface area contributed by atoms with E-state index in [1.54, 1.807) is 11.1 Å². The lowest BCUT2D eigenvalue weighted by molar-refractivity contribution is -0.131. The van der Waals surface area contributed by atoms with Crippen LogP contribution in [-0.2, 0) is 17.8 Å². The molecule has 0 bridgehead atoms. The van der Waals surface area contributed by atoms with Crippen LogP contribution in [0.15, 0.2) is 66.9 Å². The Morgan fingerprint density at radius 1 is 1.10 bits per heavy atom. The largest absolute Gasteiger partial charge is 0.383 e. The SMILES string of the molecule is N=C(c1ccccc1)c1c(N)ncc2c1CCN(C(=O)C(Cl)c1ccccc1)C2. The van der Waals surface area contributed by atoms with Gasteiger partial charge in [0.2, 0.25) is 5.91 Å². The lowest BCUT2D eigenvalue weighted by atomic mass is 9.91. The first-order valence-corrected chi connectivity index (χ1v) is 9.88. The number of hydrogen-bond acceptors (Lipinski definition) is 4. The number of pyridine rings is 1. The summed E-state index contributed by atoms with van der Waals surface area (Å²) in [5, 5.41) is 7.92. The molecule has 0 radical (unpaired) electrons. The Morgan fingerprint density at radius 3 is 2.45 bits per heavy atom. The average Bonchev–Trinajstić information content (AvgIpc) is 2.78. The molecule has 1 aliphatic rings. The van der Waals surface area contributed by atoms with Crippen molar-refractivity contribution in [3.05, 3.63) is 94.7 Å². The highest BCUT2D eigenvalue weighted by Crippen LogP contribution is 2.30. The van der Waals surface area contributed by atoms with Crippen molar-refractivity contribution in [2.45, 2.75) is 18.3 Å². The summed E-state index contributed by atoms with van der Waals surface area (Å²) < 4.78 is 0. The number of nitrogen functional groups attached to an aromatic ring is 1. The van der Waals surface area contributed by atoms with Gasteiger partial charge < -0.3 is 10.6 Å². The minimum absolute atomic E-state index is 0.125. The average molecular weight is 405 g/mol. The minimum Gasteiger partial charge on any atom is -0.383 e. The van der Waals surface area contributed by atoms with E-state index >= 15 is 0 Å². The van der Waals surface area contributed by atoms with Crippen LogP contribution >= 0.6 is 11.6 Å². The highest BCUT2D eigenvalue weighted by Gasteiger charge is 2.29. The number of nitrogens with zero attached hydrogens (tertiary/aromatic N) is 2. The molecule has 146 valence electrons. The lowest BCUT2D eigenvalue weighted by Crippen LogP contribution is -2.38. The maximum Gasteiger partial charge on any atom is 0.245 e. The normalized spacial score (nSPS) is 14.2. The van der Waals surface area contributed by atoms with Crippen molar-refractivity contribution < 1.29 is 4.79 Å². The molecule has 3 aromatic rings. The van der Waals surface area contributed by atoms with E-state index in [0.29, 0.717) is 36.6 Å². The molecule has 1 atom stereocenters. The molecule has 2 heterocycles. The summed E-state index contributed by atoms with van der Waals surface area (Å²) in [4.78, 5) is 19.0. The summed E-state index contributed by atoms with van der Waals surface area (Å²) in [7, 11) is 0. The molecule has 1 unspecified atom stereocenters. The number of carbonyl (C=O) groups is 1. The molecule has 0 spiro atoms. The van der Waals surface area contributed by atoms with Crippen LogP contribution < -0.4 is 5.73 Å². The molecular formula is C23H21ClN4O. The number of fused-ring (bicyclic) bond motifs is 1. The van der Waals surface area contributed by atoms with Crippen LogP contribution in [0.2, 0.25) is 0 Å². The molecule has 0 saturated heterocycles. The fourth-order valence-electron chi connectivity index (χ4n) is 3.70. The van der Waals surface area contributed by atoms with Crippen LogP contribution in [0.5, 0.6) is 0 Å². The fraction of sp³-hybridized carbons (Fsp3) is 0.174. The van der Waals surface area contributed by atoms with Gasteiger partial charge in [-0.05, 0) is 23.1 Å². The number of halogens is 1. The highest BCUT2D eigenvalue weighted by atomic mass is 35.5. The van der Waals surface area contributed by atoms with Gasteiger partial charge in [-0.25, -0.2) is 4.98 Å². The Bertz CT molecular complexity index is 1050. The monoisotopic (exact) mass is 404 g/mol. The van der Waals surface area contributed by atoms with Crippen molar-refractivity contribution in [3.63, 3.8) is 0 Å². The van der Waals surface area contributed by atoms with Crippen LogP contribution in [-0.4, -0.2) is 28.0 Å². The third kappa shape index (κ3) is 3.74. The van der Waals surface area contributed by atoms with Crippen molar-refractivity contribution in [1.29, 1.82) is 5.41 Å². The number of rotatable bonds is 4. The number of benzene rings is 2. The van der Waals surface area contributed by atoms with E-state index in [0.717, 1.165) is 22.3 Å². The summed E-state index contributed by atoms with van der Waals surface area (Å²) in [6, 6.07) is 18.8. The van der Waals surface area contributed by atoms with Crippen LogP contribution in [0.25, 0.3) is 0 Å². The number of nitrogens with two attached hydrogens (primary N) is 1. The molecule has 1 aromatic heterocycles. The Kier molecular flexibility index (Phi) is 5.32. The van der Waals surface area contributed by atoms with Gasteiger partial charge in [-0.15, -0.1) is 11.6 Å². The zero-order valence-corrected chi connectivity index (χ0v) is 16.6. The van der Waals surface area contributed by atoms with Gasteiger partial charge in [0, 0.05) is 30.4 Å². The summed E-state index contributed by atoms with van der Waals surface area (Å²) in [6.45, 7) is 0.937. The number of nitrogens with one attached hydrogen (secondary N) is 1. The number of aromatic nitrogens is 1. The molecule has 1 aliphatic heterocycles. The smallest absolute Gasteiger partial charge is 0.245 e. The molecule has 5 nitrogen and oxygen atoms in total. The van der Waals surface area contributed by atoms with Crippen LogP contribution in [0.1, 0.15) is 33.2 Å². The van der Waals surface area contributed by atoms with Gasteiger partial charge in [-0.1, -0.05) is 60.7 Å². The van der Waals surface area contributed by atoms with E-state index < -0.39 is 5.38 Å². The molecule has 29 heavy (non-hydrogen) atoms. The van der Waals surface area contributed by atoms with Crippen molar-refractivity contribution in [1.82, 2.24) is 9.88 Å². The first-order valence-electron chi connectivity index (χ1n) is 9.44. The topological polar surface area (TPSA) is 83.1 Å². The number of anilines is 1.